The Morgan fingerprint density at radius 1 is 1.06 bits per heavy atom. The van der Waals surface area contributed by atoms with Crippen LogP contribution in [0.15, 0.2) is 48.6 Å². The van der Waals surface area contributed by atoms with Gasteiger partial charge in [-0.25, -0.2) is 13.8 Å². The third-order valence-corrected chi connectivity index (χ3v) is 6.06. The number of allylic oxidation sites excluding steroid dienone is 3. The molecule has 3 atom stereocenters. The minimum absolute atomic E-state index is 0.0162. The summed E-state index contributed by atoms with van der Waals surface area (Å²) in [6, 6.07) is 2.26. The number of primary amides is 1. The Balaban J connectivity index is 1.54. The molecule has 2 heterocycles. The molecule has 0 radical (unpaired) electrons. The molecule has 2 aliphatic carbocycles. The topological polar surface area (TPSA) is 148 Å². The van der Waals surface area contributed by atoms with Crippen molar-refractivity contribution in [1.82, 2.24) is 9.97 Å². The van der Waals surface area contributed by atoms with E-state index in [0.717, 1.165) is 31.7 Å². The van der Waals surface area contributed by atoms with Crippen molar-refractivity contribution < 1.29 is 18.4 Å². The predicted octanol–water partition coefficient (Wildman–Crippen LogP) is 3.51. The Bertz CT molecular complexity index is 1180. The highest BCUT2D eigenvalue weighted by Gasteiger charge is 2.25. The van der Waals surface area contributed by atoms with Gasteiger partial charge < -0.3 is 27.4 Å². The van der Waals surface area contributed by atoms with Crippen LogP contribution in [0.4, 0.5) is 31.8 Å². The summed E-state index contributed by atoms with van der Waals surface area (Å²) in [7, 11) is 0. The number of hydrogen-bond acceptors (Lipinski definition) is 7. The first-order valence-corrected chi connectivity index (χ1v) is 11.4. The molecule has 0 spiro atoms. The molecular formula is C24H27F2N7O2. The van der Waals surface area contributed by atoms with Crippen molar-refractivity contribution >= 4 is 34.8 Å². The molecule has 0 bridgehead atoms. The van der Waals surface area contributed by atoms with E-state index in [2.05, 4.69) is 25.9 Å². The average molecular weight is 484 g/mol. The number of nitrogens with two attached hydrogens (primary N) is 2. The number of carbonyl (C=O) groups excluding carboxylic acids is 2. The molecule has 2 amide bonds. The number of amides is 2. The Morgan fingerprint density at radius 2 is 1.83 bits per heavy atom. The zero-order chi connectivity index (χ0) is 24.9. The first kappa shape index (κ1) is 24.3. The van der Waals surface area contributed by atoms with Gasteiger partial charge in [0, 0.05) is 12.1 Å². The van der Waals surface area contributed by atoms with Gasteiger partial charge in [0.05, 0.1) is 35.2 Å². The fourth-order valence-electron chi connectivity index (χ4n) is 4.17. The standard InChI is InChI=1S/C24H27F2N7O2/c25-17-6-2-1-5-15(17)24(35)31-14-9-13(11-29-12-14)30-22-16(21(28)34)10-18(26)23(33-22)32-20-8-4-3-7-19(20)27/h1-2,6,9-12,15,19-20H,3-5,7-8,27H2,(H2,28,34)(H,31,35)(H2,30,32,33)/t15?,19-,20+/m0/s1. The van der Waals surface area contributed by atoms with Gasteiger partial charge in [0.1, 0.15) is 11.6 Å². The van der Waals surface area contributed by atoms with Crippen LogP contribution in [0.3, 0.4) is 0 Å². The maximum atomic E-state index is 14.7. The number of pyridine rings is 2. The van der Waals surface area contributed by atoms with Crippen molar-refractivity contribution in [2.24, 2.45) is 17.4 Å². The van der Waals surface area contributed by atoms with Crippen molar-refractivity contribution in [2.75, 3.05) is 16.0 Å². The highest BCUT2D eigenvalue weighted by atomic mass is 19.1. The van der Waals surface area contributed by atoms with Crippen molar-refractivity contribution in [2.45, 2.75) is 44.2 Å². The zero-order valence-electron chi connectivity index (χ0n) is 18.9. The zero-order valence-corrected chi connectivity index (χ0v) is 18.9. The lowest BCUT2D eigenvalue weighted by molar-refractivity contribution is -0.119. The summed E-state index contributed by atoms with van der Waals surface area (Å²) >= 11 is 0. The molecule has 1 unspecified atom stereocenters. The SMILES string of the molecule is NC(=O)c1cc(F)c(N[C@@H]2CCCC[C@@H]2N)nc1Nc1cncc(NC(=O)C2CC=CC=C2F)c1. The van der Waals surface area contributed by atoms with Gasteiger partial charge in [0.2, 0.25) is 5.91 Å². The van der Waals surface area contributed by atoms with Gasteiger partial charge >= 0.3 is 0 Å². The number of halogens is 2. The van der Waals surface area contributed by atoms with E-state index >= 15 is 0 Å². The molecule has 0 saturated heterocycles. The second kappa shape index (κ2) is 10.6. The number of aromatic nitrogens is 2. The average Bonchev–Trinajstić information content (AvgIpc) is 2.82. The van der Waals surface area contributed by atoms with Gasteiger partial charge in [-0.1, -0.05) is 25.0 Å². The van der Waals surface area contributed by atoms with Crippen LogP contribution < -0.4 is 27.4 Å². The van der Waals surface area contributed by atoms with Crippen molar-refractivity contribution in [3.63, 3.8) is 0 Å². The van der Waals surface area contributed by atoms with Gasteiger partial charge in [-0.15, -0.1) is 0 Å². The second-order valence-electron chi connectivity index (χ2n) is 8.62. The summed E-state index contributed by atoms with van der Waals surface area (Å²) in [5.41, 5.74) is 12.1. The maximum Gasteiger partial charge on any atom is 0.252 e. The first-order valence-electron chi connectivity index (χ1n) is 11.4. The summed E-state index contributed by atoms with van der Waals surface area (Å²) in [5.74, 6) is -3.59. The molecule has 1 fully saturated rings. The molecule has 2 aliphatic rings. The largest absolute Gasteiger partial charge is 0.365 e. The number of anilines is 4. The minimum atomic E-state index is -0.920. The van der Waals surface area contributed by atoms with Crippen LogP contribution in [0.5, 0.6) is 0 Å². The number of hydrogen-bond donors (Lipinski definition) is 5. The van der Waals surface area contributed by atoms with Crippen LogP contribution in [0.25, 0.3) is 0 Å². The Morgan fingerprint density at radius 3 is 2.57 bits per heavy atom. The lowest BCUT2D eigenvalue weighted by Gasteiger charge is -2.30. The molecule has 2 aromatic rings. The summed E-state index contributed by atoms with van der Waals surface area (Å²) in [4.78, 5) is 32.8. The summed E-state index contributed by atoms with van der Waals surface area (Å²) in [6.45, 7) is 0. The van der Waals surface area contributed by atoms with Crippen LogP contribution in [-0.2, 0) is 4.79 Å². The monoisotopic (exact) mass is 483 g/mol. The third kappa shape index (κ3) is 5.80. The van der Waals surface area contributed by atoms with E-state index in [0.29, 0.717) is 11.4 Å². The molecule has 2 aromatic heterocycles. The Kier molecular flexibility index (Phi) is 7.35. The molecule has 9 nitrogen and oxygen atoms in total. The van der Waals surface area contributed by atoms with Crippen LogP contribution in [-0.4, -0.2) is 33.9 Å². The van der Waals surface area contributed by atoms with E-state index in [1.807, 2.05) is 0 Å². The highest BCUT2D eigenvalue weighted by molar-refractivity contribution is 5.99. The van der Waals surface area contributed by atoms with Gasteiger partial charge in [-0.05, 0) is 37.5 Å². The van der Waals surface area contributed by atoms with Gasteiger partial charge in [-0.2, -0.15) is 0 Å². The predicted molar refractivity (Wildman–Crippen MR) is 129 cm³/mol. The Labute approximate surface area is 201 Å². The number of nitrogens with zero attached hydrogens (tertiary/aromatic N) is 2. The normalized spacial score (nSPS) is 21.7. The molecule has 1 saturated carbocycles. The number of rotatable bonds is 7. The van der Waals surface area contributed by atoms with Crippen LogP contribution in [0.2, 0.25) is 0 Å². The second-order valence-corrected chi connectivity index (χ2v) is 8.62. The van der Waals surface area contributed by atoms with E-state index in [-0.39, 0.29) is 35.7 Å². The summed E-state index contributed by atoms with van der Waals surface area (Å²) in [5, 5.41) is 8.59. The Hall–Kier alpha value is -3.86. The van der Waals surface area contributed by atoms with Crippen molar-refractivity contribution in [1.29, 1.82) is 0 Å². The molecule has 7 N–H and O–H groups in total. The van der Waals surface area contributed by atoms with Crippen LogP contribution >= 0.6 is 0 Å². The summed E-state index contributed by atoms with van der Waals surface area (Å²) < 4.78 is 28.7. The molecule has 184 valence electrons. The van der Waals surface area contributed by atoms with Crippen molar-refractivity contribution in [3.05, 3.63) is 60.0 Å². The molecule has 0 aromatic carbocycles. The quantitative estimate of drug-likeness (QED) is 0.405. The lowest BCUT2D eigenvalue weighted by Crippen LogP contribution is -2.43. The van der Waals surface area contributed by atoms with Gasteiger partial charge in [0.15, 0.2) is 11.6 Å². The van der Waals surface area contributed by atoms with E-state index in [9.17, 15) is 18.4 Å². The molecule has 35 heavy (non-hydrogen) atoms. The van der Waals surface area contributed by atoms with Crippen molar-refractivity contribution in [3.8, 4) is 0 Å². The van der Waals surface area contributed by atoms with Gasteiger partial charge in [0.25, 0.3) is 5.91 Å². The fraction of sp³-hybridized carbons (Fsp3) is 0.333. The molecule has 11 heteroatoms. The van der Waals surface area contributed by atoms with Gasteiger partial charge in [-0.3, -0.25) is 14.6 Å². The smallest absolute Gasteiger partial charge is 0.252 e. The lowest BCUT2D eigenvalue weighted by atomic mass is 9.91. The number of nitrogens with one attached hydrogen (secondary N) is 3. The fourth-order valence-corrected chi connectivity index (χ4v) is 4.17. The summed E-state index contributed by atoms with van der Waals surface area (Å²) in [6.07, 6.45) is 11.2. The minimum Gasteiger partial charge on any atom is -0.365 e. The molecule has 4 rings (SSSR count). The van der Waals surface area contributed by atoms with Crippen LogP contribution in [0, 0.1) is 11.7 Å². The highest BCUT2D eigenvalue weighted by Crippen LogP contribution is 2.28. The van der Waals surface area contributed by atoms with E-state index in [1.165, 1.54) is 24.5 Å². The van der Waals surface area contributed by atoms with E-state index < -0.39 is 29.4 Å². The maximum absolute atomic E-state index is 14.7. The van der Waals surface area contributed by atoms with Crippen LogP contribution in [0.1, 0.15) is 42.5 Å². The molecule has 0 aliphatic heterocycles. The first-order chi connectivity index (χ1) is 16.8. The van der Waals surface area contributed by atoms with E-state index in [4.69, 9.17) is 11.5 Å². The molecular weight excluding hydrogens is 456 g/mol. The third-order valence-electron chi connectivity index (χ3n) is 6.06. The number of carbonyl (C=O) groups is 2. The van der Waals surface area contributed by atoms with E-state index in [1.54, 1.807) is 12.2 Å².